The molecule has 4 N–H and O–H groups in total. The highest BCUT2D eigenvalue weighted by molar-refractivity contribution is 7.78. The highest BCUT2D eigenvalue weighted by Gasteiger charge is 2.44. The molecule has 1 saturated heterocycles. The zero-order valence-corrected chi connectivity index (χ0v) is 11.3. The summed E-state index contributed by atoms with van der Waals surface area (Å²) in [4.78, 5) is 3.88. The molecule has 7 heteroatoms. The van der Waals surface area contributed by atoms with Crippen LogP contribution in [-0.4, -0.2) is 56.6 Å². The summed E-state index contributed by atoms with van der Waals surface area (Å²) < 4.78 is 5.47. The van der Waals surface area contributed by atoms with E-state index in [-0.39, 0.29) is 0 Å². The molecule has 0 bridgehead atoms. The van der Waals surface area contributed by atoms with Gasteiger partial charge in [0.1, 0.15) is 30.5 Å². The third-order valence-corrected chi connectivity index (χ3v) is 3.39. The van der Waals surface area contributed by atoms with Crippen LogP contribution < -0.4 is 0 Å². The van der Waals surface area contributed by atoms with E-state index in [1.165, 1.54) is 0 Å². The zero-order valence-electron chi connectivity index (χ0n) is 10.5. The van der Waals surface area contributed by atoms with Gasteiger partial charge in [-0.25, -0.2) is 0 Å². The van der Waals surface area contributed by atoms with E-state index in [1.807, 2.05) is 0 Å². The number of para-hydroxylation sites is 1. The maximum atomic E-state index is 10.1. The number of aliphatic hydroxyl groups excluding tert-OH is 4. The molecule has 0 aliphatic carbocycles. The van der Waals surface area contributed by atoms with Gasteiger partial charge in [-0.05, 0) is 18.3 Å². The van der Waals surface area contributed by atoms with Crippen LogP contribution in [0.5, 0.6) is 0 Å². The van der Waals surface area contributed by atoms with Crippen molar-refractivity contribution in [2.24, 2.45) is 4.99 Å². The summed E-state index contributed by atoms with van der Waals surface area (Å²) in [5, 5.41) is 41.0. The van der Waals surface area contributed by atoms with Crippen molar-refractivity contribution in [3.63, 3.8) is 0 Å². The number of rotatable bonds is 3. The Hall–Kier alpha value is -1.18. The van der Waals surface area contributed by atoms with Gasteiger partial charge in [0.15, 0.2) is 0 Å². The molecule has 0 radical (unpaired) electrons. The van der Waals surface area contributed by atoms with Crippen LogP contribution in [0, 0.1) is 0 Å². The predicted molar refractivity (Wildman–Crippen MR) is 73.8 cm³/mol. The average Bonchev–Trinajstić information content (AvgIpc) is 2.47. The first kappa shape index (κ1) is 15.2. The second-order valence-corrected chi connectivity index (χ2v) is 4.69. The monoisotopic (exact) mass is 297 g/mol. The van der Waals surface area contributed by atoms with E-state index in [1.54, 1.807) is 24.3 Å². The fraction of sp³-hybridized carbons (Fsp3) is 0.462. The Kier molecular flexibility index (Phi) is 4.95. The lowest BCUT2D eigenvalue weighted by Crippen LogP contribution is -2.55. The molecule has 0 aromatic heterocycles. The number of benzene rings is 1. The smallest absolute Gasteiger partial charge is 0.114 e. The molecule has 1 aromatic carbocycles. The van der Waals surface area contributed by atoms with Crippen molar-refractivity contribution >= 4 is 23.1 Å². The predicted octanol–water partition coefficient (Wildman–Crippen LogP) is -0.0642. The number of ether oxygens (including phenoxy) is 1. The normalized spacial score (nSPS) is 33.5. The van der Waals surface area contributed by atoms with E-state index in [0.717, 1.165) is 0 Å². The molecule has 1 aliphatic heterocycles. The number of isothiocyanates is 1. The lowest BCUT2D eigenvalue weighted by Gasteiger charge is -2.40. The molecule has 0 saturated carbocycles. The van der Waals surface area contributed by atoms with Crippen LogP contribution in [0.3, 0.4) is 0 Å². The maximum Gasteiger partial charge on any atom is 0.114 e. The number of aliphatic imine (C=N–C) groups is 1. The standard InChI is InChI=1S/C13H15NO5S/c15-5-9-10(16)11(17)12(18)13(19-9)7-3-1-2-4-8(7)14-6-20/h1-4,9-13,15-18H,5H2/t9-,10-,11+,12-,13?/m1/s1. The molecule has 108 valence electrons. The molecule has 0 spiro atoms. The van der Waals surface area contributed by atoms with Gasteiger partial charge < -0.3 is 25.2 Å². The minimum Gasteiger partial charge on any atom is -0.394 e. The first-order valence-electron chi connectivity index (χ1n) is 6.07. The molecule has 6 nitrogen and oxygen atoms in total. The Labute approximate surface area is 121 Å². The van der Waals surface area contributed by atoms with Crippen LogP contribution in [0.2, 0.25) is 0 Å². The van der Waals surface area contributed by atoms with E-state index in [9.17, 15) is 20.4 Å². The highest BCUT2D eigenvalue weighted by Crippen LogP contribution is 2.36. The summed E-state index contributed by atoms with van der Waals surface area (Å²) in [5.41, 5.74) is 0.952. The van der Waals surface area contributed by atoms with Crippen LogP contribution in [-0.2, 0) is 4.74 Å². The Morgan fingerprint density at radius 3 is 2.50 bits per heavy atom. The van der Waals surface area contributed by atoms with Gasteiger partial charge in [0.25, 0.3) is 0 Å². The quantitative estimate of drug-likeness (QED) is 0.460. The van der Waals surface area contributed by atoms with Crippen molar-refractivity contribution in [2.45, 2.75) is 30.5 Å². The van der Waals surface area contributed by atoms with Crippen molar-refractivity contribution in [2.75, 3.05) is 6.61 Å². The van der Waals surface area contributed by atoms with Crippen molar-refractivity contribution in [3.8, 4) is 0 Å². The van der Waals surface area contributed by atoms with Gasteiger partial charge in [-0.3, -0.25) is 0 Å². The van der Waals surface area contributed by atoms with Crippen LogP contribution >= 0.6 is 12.2 Å². The van der Waals surface area contributed by atoms with Crippen molar-refractivity contribution < 1.29 is 25.2 Å². The molecule has 1 unspecified atom stereocenters. The topological polar surface area (TPSA) is 103 Å². The third-order valence-electron chi connectivity index (χ3n) is 3.30. The summed E-state index contributed by atoms with van der Waals surface area (Å²) in [7, 11) is 0. The molecule has 0 amide bonds. The van der Waals surface area contributed by atoms with Crippen LogP contribution in [0.1, 0.15) is 11.7 Å². The lowest BCUT2D eigenvalue weighted by atomic mass is 9.90. The van der Waals surface area contributed by atoms with Crippen molar-refractivity contribution in [1.29, 1.82) is 0 Å². The van der Waals surface area contributed by atoms with Crippen LogP contribution in [0.4, 0.5) is 5.69 Å². The maximum absolute atomic E-state index is 10.1. The van der Waals surface area contributed by atoms with E-state index in [0.29, 0.717) is 11.3 Å². The van der Waals surface area contributed by atoms with E-state index >= 15 is 0 Å². The SMILES string of the molecule is OC[C@H]1OC(c2ccccc2N=C=S)[C@H](O)[C@@H](O)[C@@H]1O. The molecule has 20 heavy (non-hydrogen) atoms. The molecule has 1 aliphatic rings. The summed E-state index contributed by atoms with van der Waals surface area (Å²) >= 11 is 4.56. The summed E-state index contributed by atoms with van der Waals surface area (Å²) in [6, 6.07) is 6.78. The van der Waals surface area contributed by atoms with Gasteiger partial charge >= 0.3 is 0 Å². The number of nitrogens with zero attached hydrogens (tertiary/aromatic N) is 1. The fourth-order valence-electron chi connectivity index (χ4n) is 2.24. The average molecular weight is 297 g/mol. The van der Waals surface area contributed by atoms with Gasteiger partial charge in [-0.1, -0.05) is 18.2 Å². The zero-order chi connectivity index (χ0) is 14.7. The molecule has 5 atom stereocenters. The number of hydrogen-bond acceptors (Lipinski definition) is 7. The van der Waals surface area contributed by atoms with E-state index in [4.69, 9.17) is 4.74 Å². The molecule has 1 fully saturated rings. The fourth-order valence-corrected chi connectivity index (χ4v) is 2.34. The molecule has 1 heterocycles. The minimum absolute atomic E-state index is 0.451. The van der Waals surface area contributed by atoms with Crippen molar-refractivity contribution in [3.05, 3.63) is 29.8 Å². The Morgan fingerprint density at radius 1 is 1.15 bits per heavy atom. The Bertz CT molecular complexity index is 517. The van der Waals surface area contributed by atoms with Crippen LogP contribution in [0.15, 0.2) is 29.3 Å². The summed E-state index contributed by atoms with van der Waals surface area (Å²) in [6.07, 6.45) is -6.02. The number of aliphatic hydroxyl groups is 4. The molecular weight excluding hydrogens is 282 g/mol. The second kappa shape index (κ2) is 6.51. The van der Waals surface area contributed by atoms with Crippen molar-refractivity contribution in [1.82, 2.24) is 0 Å². The lowest BCUT2D eigenvalue weighted by molar-refractivity contribution is -0.231. The van der Waals surface area contributed by atoms with Gasteiger partial charge in [-0.15, -0.1) is 0 Å². The largest absolute Gasteiger partial charge is 0.394 e. The third kappa shape index (κ3) is 2.79. The molecular formula is C13H15NO5S. The molecule has 2 rings (SSSR count). The van der Waals surface area contributed by atoms with Gasteiger partial charge in [0.05, 0.1) is 17.5 Å². The van der Waals surface area contributed by atoms with Gasteiger partial charge in [0, 0.05) is 5.56 Å². The highest BCUT2D eigenvalue weighted by atomic mass is 32.1. The number of hydrogen-bond donors (Lipinski definition) is 4. The van der Waals surface area contributed by atoms with E-state index in [2.05, 4.69) is 22.4 Å². The second-order valence-electron chi connectivity index (χ2n) is 4.51. The Balaban J connectivity index is 2.38. The number of thiocarbonyl (C=S) groups is 1. The Morgan fingerprint density at radius 2 is 1.85 bits per heavy atom. The van der Waals surface area contributed by atoms with E-state index < -0.39 is 37.1 Å². The molecule has 1 aromatic rings. The summed E-state index contributed by atoms with van der Waals surface area (Å²) in [6.45, 7) is -0.472. The first-order chi connectivity index (χ1) is 9.60. The minimum atomic E-state index is -1.42. The van der Waals surface area contributed by atoms with Gasteiger partial charge in [0.2, 0.25) is 0 Å². The summed E-state index contributed by atoms with van der Waals surface area (Å²) in [5.74, 6) is 0. The van der Waals surface area contributed by atoms with Crippen LogP contribution in [0.25, 0.3) is 0 Å². The first-order valence-corrected chi connectivity index (χ1v) is 6.48. The van der Waals surface area contributed by atoms with Gasteiger partial charge in [-0.2, -0.15) is 4.99 Å².